The fourth-order valence-corrected chi connectivity index (χ4v) is 1.82. The molecule has 0 atom stereocenters. The highest BCUT2D eigenvalue weighted by Crippen LogP contribution is 2.17. The smallest absolute Gasteiger partial charge is 0.335 e. The summed E-state index contributed by atoms with van der Waals surface area (Å²) in [5.41, 5.74) is 2.06. The first-order valence-corrected chi connectivity index (χ1v) is 5.75. The van der Waals surface area contributed by atoms with Crippen LogP contribution in [-0.2, 0) is 7.05 Å². The summed E-state index contributed by atoms with van der Waals surface area (Å²) >= 11 is 0. The van der Waals surface area contributed by atoms with Gasteiger partial charge < -0.3 is 15.0 Å². The van der Waals surface area contributed by atoms with Gasteiger partial charge >= 0.3 is 5.97 Å². The lowest BCUT2D eigenvalue weighted by molar-refractivity contribution is 0.0696. The van der Waals surface area contributed by atoms with Crippen LogP contribution in [0.1, 0.15) is 26.4 Å². The number of rotatable bonds is 3. The van der Waals surface area contributed by atoms with Gasteiger partial charge in [-0.15, -0.1) is 0 Å². The number of carboxylic acid groups (broad SMARTS) is 1. The molecule has 0 aliphatic heterocycles. The third-order valence-electron chi connectivity index (χ3n) is 2.90. The summed E-state index contributed by atoms with van der Waals surface area (Å²) in [7, 11) is 1.79. The monoisotopic (exact) mass is 258 g/mol. The molecule has 2 N–H and O–H groups in total. The van der Waals surface area contributed by atoms with E-state index in [1.807, 2.05) is 0 Å². The van der Waals surface area contributed by atoms with Crippen molar-refractivity contribution in [2.45, 2.75) is 6.92 Å². The van der Waals surface area contributed by atoms with E-state index in [1.54, 1.807) is 42.9 Å². The van der Waals surface area contributed by atoms with Crippen LogP contribution in [0.5, 0.6) is 0 Å². The van der Waals surface area contributed by atoms with Gasteiger partial charge in [-0.05, 0) is 42.8 Å². The van der Waals surface area contributed by atoms with Gasteiger partial charge in [0.1, 0.15) is 5.69 Å². The van der Waals surface area contributed by atoms with Crippen LogP contribution in [0.2, 0.25) is 0 Å². The number of aromatic nitrogens is 1. The number of hydrogen-bond acceptors (Lipinski definition) is 2. The predicted octanol–water partition coefficient (Wildman–Crippen LogP) is 2.28. The van der Waals surface area contributed by atoms with E-state index in [9.17, 15) is 9.59 Å². The molecular weight excluding hydrogens is 244 g/mol. The van der Waals surface area contributed by atoms with Crippen molar-refractivity contribution in [3.63, 3.8) is 0 Å². The Morgan fingerprint density at radius 3 is 2.53 bits per heavy atom. The zero-order valence-electron chi connectivity index (χ0n) is 10.7. The number of carbonyl (C=O) groups excluding carboxylic acids is 1. The highest BCUT2D eigenvalue weighted by atomic mass is 16.4. The second-order valence-electron chi connectivity index (χ2n) is 4.29. The minimum atomic E-state index is -0.983. The molecule has 2 aromatic rings. The van der Waals surface area contributed by atoms with Gasteiger partial charge in [0, 0.05) is 18.9 Å². The highest BCUT2D eigenvalue weighted by molar-refractivity contribution is 6.03. The van der Waals surface area contributed by atoms with E-state index in [1.165, 1.54) is 12.1 Å². The molecule has 0 bridgehead atoms. The molecule has 0 unspecified atom stereocenters. The average molecular weight is 258 g/mol. The molecule has 19 heavy (non-hydrogen) atoms. The van der Waals surface area contributed by atoms with E-state index < -0.39 is 5.97 Å². The molecule has 0 radical (unpaired) electrons. The van der Waals surface area contributed by atoms with Gasteiger partial charge in [0.2, 0.25) is 0 Å². The van der Waals surface area contributed by atoms with Crippen molar-refractivity contribution < 1.29 is 14.7 Å². The van der Waals surface area contributed by atoms with Gasteiger partial charge in [-0.25, -0.2) is 4.79 Å². The lowest BCUT2D eigenvalue weighted by Crippen LogP contribution is -2.16. The molecule has 1 aromatic carbocycles. The van der Waals surface area contributed by atoms with Crippen LogP contribution >= 0.6 is 0 Å². The maximum absolute atomic E-state index is 12.0. The van der Waals surface area contributed by atoms with Gasteiger partial charge in [-0.1, -0.05) is 0 Å². The number of hydrogen-bond donors (Lipinski definition) is 2. The molecule has 0 aliphatic carbocycles. The van der Waals surface area contributed by atoms with Crippen LogP contribution in [0.25, 0.3) is 0 Å². The largest absolute Gasteiger partial charge is 0.478 e. The molecule has 0 fully saturated rings. The lowest BCUT2D eigenvalue weighted by Gasteiger charge is -2.09. The SMILES string of the molecule is Cc1cc(C(=O)O)ccc1NC(=O)c1cccn1C. The fraction of sp³-hybridized carbons (Fsp3) is 0.143. The summed E-state index contributed by atoms with van der Waals surface area (Å²) in [6.07, 6.45) is 1.79. The highest BCUT2D eigenvalue weighted by Gasteiger charge is 2.11. The molecule has 2 rings (SSSR count). The maximum atomic E-state index is 12.0. The number of nitrogens with one attached hydrogen (secondary N) is 1. The summed E-state index contributed by atoms with van der Waals surface area (Å²) in [6, 6.07) is 8.10. The average Bonchev–Trinajstić information content (AvgIpc) is 2.77. The fourth-order valence-electron chi connectivity index (χ4n) is 1.82. The van der Waals surface area contributed by atoms with Gasteiger partial charge in [0.05, 0.1) is 5.56 Å². The topological polar surface area (TPSA) is 71.3 Å². The zero-order valence-corrected chi connectivity index (χ0v) is 10.7. The Kier molecular flexibility index (Phi) is 3.37. The van der Waals surface area contributed by atoms with Crippen LogP contribution in [0.15, 0.2) is 36.5 Å². The number of aromatic carboxylic acids is 1. The summed E-state index contributed by atoms with van der Waals surface area (Å²) in [6.45, 7) is 1.76. The minimum absolute atomic E-state index is 0.203. The van der Waals surface area contributed by atoms with Crippen LogP contribution in [0, 0.1) is 6.92 Å². The van der Waals surface area contributed by atoms with Crippen LogP contribution in [0.4, 0.5) is 5.69 Å². The third-order valence-corrected chi connectivity index (χ3v) is 2.90. The van der Waals surface area contributed by atoms with Crippen molar-refractivity contribution in [3.8, 4) is 0 Å². The normalized spacial score (nSPS) is 10.2. The van der Waals surface area contributed by atoms with Crippen molar-refractivity contribution >= 4 is 17.6 Å². The summed E-state index contributed by atoms with van der Waals surface area (Å²) in [5, 5.41) is 11.6. The minimum Gasteiger partial charge on any atom is -0.478 e. The second-order valence-corrected chi connectivity index (χ2v) is 4.29. The van der Waals surface area contributed by atoms with Gasteiger partial charge in [0.15, 0.2) is 0 Å². The first-order chi connectivity index (χ1) is 8.99. The molecule has 1 amide bonds. The van der Waals surface area contributed by atoms with E-state index in [0.29, 0.717) is 16.9 Å². The lowest BCUT2D eigenvalue weighted by atomic mass is 10.1. The molecule has 0 spiro atoms. The number of nitrogens with zero attached hydrogens (tertiary/aromatic N) is 1. The Balaban J connectivity index is 2.23. The number of anilines is 1. The van der Waals surface area contributed by atoms with Crippen molar-refractivity contribution in [1.82, 2.24) is 4.57 Å². The molecular formula is C14H14N2O3. The molecule has 1 heterocycles. The second kappa shape index (κ2) is 4.97. The molecule has 0 aliphatic rings. The maximum Gasteiger partial charge on any atom is 0.335 e. The van der Waals surface area contributed by atoms with Crippen molar-refractivity contribution in [3.05, 3.63) is 53.3 Å². The molecule has 0 saturated carbocycles. The molecule has 0 saturated heterocycles. The van der Waals surface area contributed by atoms with E-state index in [0.717, 1.165) is 0 Å². The first-order valence-electron chi connectivity index (χ1n) is 5.75. The Morgan fingerprint density at radius 2 is 2.00 bits per heavy atom. The number of benzene rings is 1. The van der Waals surface area contributed by atoms with Gasteiger partial charge in [-0.3, -0.25) is 4.79 Å². The molecule has 1 aromatic heterocycles. The quantitative estimate of drug-likeness (QED) is 0.887. The van der Waals surface area contributed by atoms with Crippen molar-refractivity contribution in [2.24, 2.45) is 7.05 Å². The van der Waals surface area contributed by atoms with Crippen molar-refractivity contribution in [2.75, 3.05) is 5.32 Å². The van der Waals surface area contributed by atoms with Gasteiger partial charge in [-0.2, -0.15) is 0 Å². The first kappa shape index (κ1) is 12.9. The Bertz CT molecular complexity index is 644. The number of aryl methyl sites for hydroxylation is 2. The van der Waals surface area contributed by atoms with Gasteiger partial charge in [0.25, 0.3) is 5.91 Å². The summed E-state index contributed by atoms with van der Waals surface area (Å²) in [4.78, 5) is 22.8. The number of carboxylic acids is 1. The van der Waals surface area contributed by atoms with Crippen LogP contribution in [0.3, 0.4) is 0 Å². The van der Waals surface area contributed by atoms with Crippen LogP contribution in [-0.4, -0.2) is 21.6 Å². The molecule has 98 valence electrons. The Labute approximate surface area is 110 Å². The summed E-state index contributed by atoms with van der Waals surface area (Å²) < 4.78 is 1.72. The van der Waals surface area contributed by atoms with E-state index in [4.69, 9.17) is 5.11 Å². The van der Waals surface area contributed by atoms with E-state index in [-0.39, 0.29) is 11.5 Å². The number of amides is 1. The van der Waals surface area contributed by atoms with Crippen molar-refractivity contribution in [1.29, 1.82) is 0 Å². The Morgan fingerprint density at radius 1 is 1.26 bits per heavy atom. The van der Waals surface area contributed by atoms with Crippen LogP contribution < -0.4 is 5.32 Å². The van der Waals surface area contributed by atoms with E-state index >= 15 is 0 Å². The zero-order chi connectivity index (χ0) is 14.0. The standard InChI is InChI=1S/C14H14N2O3/c1-9-8-10(14(18)19)5-6-11(9)15-13(17)12-4-3-7-16(12)2/h3-8H,1-2H3,(H,15,17)(H,18,19). The predicted molar refractivity (Wildman–Crippen MR) is 71.5 cm³/mol. The summed E-state index contributed by atoms with van der Waals surface area (Å²) in [5.74, 6) is -1.21. The molecule has 5 heteroatoms. The third kappa shape index (κ3) is 2.65. The Hall–Kier alpha value is -2.56. The number of carbonyl (C=O) groups is 2. The van der Waals surface area contributed by atoms with E-state index in [2.05, 4.69) is 5.32 Å². The molecule has 5 nitrogen and oxygen atoms in total.